The Balaban J connectivity index is 2.22. The van der Waals surface area contributed by atoms with Crippen LogP contribution in [0, 0.1) is 5.82 Å². The van der Waals surface area contributed by atoms with Gasteiger partial charge in [0.25, 0.3) is 0 Å². The van der Waals surface area contributed by atoms with Crippen molar-refractivity contribution in [1.29, 1.82) is 0 Å². The Labute approximate surface area is 136 Å². The Morgan fingerprint density at radius 3 is 2.57 bits per heavy atom. The van der Waals surface area contributed by atoms with Gasteiger partial charge in [0.05, 0.1) is 17.9 Å². The van der Waals surface area contributed by atoms with Crippen molar-refractivity contribution in [3.8, 4) is 0 Å². The lowest BCUT2D eigenvalue weighted by atomic mass is 10.1. The fraction of sp³-hybridized carbons (Fsp3) is 0.389. The largest absolute Gasteiger partial charge is 0.468 e. The molecule has 0 saturated heterocycles. The van der Waals surface area contributed by atoms with E-state index in [0.717, 1.165) is 18.8 Å². The van der Waals surface area contributed by atoms with Crippen LogP contribution in [0.5, 0.6) is 0 Å². The molecule has 0 aliphatic heterocycles. The van der Waals surface area contributed by atoms with Gasteiger partial charge in [0.2, 0.25) is 0 Å². The van der Waals surface area contributed by atoms with E-state index >= 15 is 0 Å². The highest BCUT2D eigenvalue weighted by Gasteiger charge is 2.21. The van der Waals surface area contributed by atoms with E-state index in [0.29, 0.717) is 12.2 Å². The quantitative estimate of drug-likeness (QED) is 0.744. The summed E-state index contributed by atoms with van der Waals surface area (Å²) in [5.41, 5.74) is 0.617. The highest BCUT2D eigenvalue weighted by Crippen LogP contribution is 2.24. The van der Waals surface area contributed by atoms with Crippen molar-refractivity contribution in [3.05, 3.63) is 53.7 Å². The second kappa shape index (κ2) is 7.92. The number of nitrogens with zero attached hydrogens (tertiary/aromatic N) is 1. The number of hydrogen-bond acceptors (Lipinski definition) is 4. The zero-order valence-corrected chi connectivity index (χ0v) is 13.8. The minimum atomic E-state index is -0.500. The first-order valence-corrected chi connectivity index (χ1v) is 7.89. The topological polar surface area (TPSA) is 45.5 Å². The number of hydrogen-bond donors (Lipinski definition) is 1. The summed E-state index contributed by atoms with van der Waals surface area (Å²) in [6, 6.07) is 8.43. The molecule has 124 valence electrons. The predicted molar refractivity (Wildman–Crippen MR) is 89.3 cm³/mol. The van der Waals surface area contributed by atoms with E-state index in [-0.39, 0.29) is 17.4 Å². The molecule has 0 aliphatic carbocycles. The predicted octanol–water partition coefficient (Wildman–Crippen LogP) is 4.12. The Hall–Kier alpha value is -2.14. The van der Waals surface area contributed by atoms with Crippen LogP contribution >= 0.6 is 0 Å². The van der Waals surface area contributed by atoms with E-state index in [2.05, 4.69) is 24.1 Å². The number of likely N-dealkylation sites (N-methyl/N-ethyl adjacent to an activating group) is 1. The minimum absolute atomic E-state index is 0.0167. The molecule has 5 heteroatoms. The standard InChI is InChI=1S/C18H23FN2O2/c1-4-21(5-2)16(17-10-7-11-23-17)12-20-15-9-6-8-14(19)18(15)13(3)22/h6-11,16,20H,4-5,12H2,1-3H3. The van der Waals surface area contributed by atoms with Gasteiger partial charge in [-0.15, -0.1) is 0 Å². The smallest absolute Gasteiger partial charge is 0.164 e. The van der Waals surface area contributed by atoms with Crippen molar-refractivity contribution in [1.82, 2.24) is 4.90 Å². The van der Waals surface area contributed by atoms with E-state index < -0.39 is 5.82 Å². The molecule has 2 rings (SSSR count). The Morgan fingerprint density at radius 2 is 2.00 bits per heavy atom. The monoisotopic (exact) mass is 318 g/mol. The normalized spacial score (nSPS) is 12.4. The third kappa shape index (κ3) is 3.99. The van der Waals surface area contributed by atoms with Crippen LogP contribution in [0.15, 0.2) is 41.0 Å². The summed E-state index contributed by atoms with van der Waals surface area (Å²) in [5.74, 6) is 0.0600. The number of benzene rings is 1. The lowest BCUT2D eigenvalue weighted by Crippen LogP contribution is -2.33. The summed E-state index contributed by atoms with van der Waals surface area (Å²) in [7, 11) is 0. The summed E-state index contributed by atoms with van der Waals surface area (Å²) in [6.45, 7) is 7.81. The number of rotatable bonds is 8. The molecule has 0 saturated carbocycles. The van der Waals surface area contributed by atoms with Crippen LogP contribution in [0.1, 0.15) is 42.9 Å². The number of furan rings is 1. The zero-order chi connectivity index (χ0) is 16.8. The number of halogens is 1. The van der Waals surface area contributed by atoms with Gasteiger partial charge in [-0.05, 0) is 44.3 Å². The molecule has 0 aliphatic rings. The first kappa shape index (κ1) is 17.2. The summed E-state index contributed by atoms with van der Waals surface area (Å²) in [4.78, 5) is 13.9. The van der Waals surface area contributed by atoms with E-state index in [1.807, 2.05) is 12.1 Å². The van der Waals surface area contributed by atoms with Crippen LogP contribution in [0.2, 0.25) is 0 Å². The van der Waals surface area contributed by atoms with Gasteiger partial charge in [-0.3, -0.25) is 9.69 Å². The molecule has 1 aromatic heterocycles. The van der Waals surface area contributed by atoms with Crippen LogP contribution < -0.4 is 5.32 Å². The van der Waals surface area contributed by atoms with Gasteiger partial charge in [-0.2, -0.15) is 0 Å². The van der Waals surface area contributed by atoms with Crippen LogP contribution in [-0.4, -0.2) is 30.3 Å². The number of anilines is 1. The van der Waals surface area contributed by atoms with Gasteiger partial charge in [0.15, 0.2) is 5.78 Å². The fourth-order valence-corrected chi connectivity index (χ4v) is 2.79. The first-order valence-electron chi connectivity index (χ1n) is 7.89. The molecule has 0 fully saturated rings. The van der Waals surface area contributed by atoms with Gasteiger partial charge in [0, 0.05) is 12.2 Å². The van der Waals surface area contributed by atoms with Crippen LogP contribution in [0.25, 0.3) is 0 Å². The van der Waals surface area contributed by atoms with Crippen molar-refractivity contribution >= 4 is 11.5 Å². The molecule has 23 heavy (non-hydrogen) atoms. The lowest BCUT2D eigenvalue weighted by Gasteiger charge is -2.28. The first-order chi connectivity index (χ1) is 11.1. The molecule has 0 spiro atoms. The maximum Gasteiger partial charge on any atom is 0.164 e. The molecule has 2 aromatic rings. The Morgan fingerprint density at radius 1 is 1.26 bits per heavy atom. The van der Waals surface area contributed by atoms with Crippen molar-refractivity contribution in [2.45, 2.75) is 26.8 Å². The molecule has 0 bridgehead atoms. The maximum absolute atomic E-state index is 13.9. The number of Topliss-reactive ketones (excluding diaryl/α,β-unsaturated/α-hetero) is 1. The van der Waals surface area contributed by atoms with E-state index in [1.165, 1.54) is 13.0 Å². The minimum Gasteiger partial charge on any atom is -0.468 e. The van der Waals surface area contributed by atoms with Crippen LogP contribution in [-0.2, 0) is 0 Å². The maximum atomic E-state index is 13.9. The number of nitrogens with one attached hydrogen (secondary N) is 1. The third-order valence-electron chi connectivity index (χ3n) is 3.98. The number of ketones is 1. The van der Waals surface area contributed by atoms with Crippen molar-refractivity contribution in [2.24, 2.45) is 0 Å². The molecule has 1 aromatic carbocycles. The Bertz CT molecular complexity index is 636. The van der Waals surface area contributed by atoms with Crippen molar-refractivity contribution in [2.75, 3.05) is 25.0 Å². The number of carbonyl (C=O) groups is 1. The molecular weight excluding hydrogens is 295 g/mol. The summed E-state index contributed by atoms with van der Waals surface area (Å²) >= 11 is 0. The summed E-state index contributed by atoms with van der Waals surface area (Å²) in [5, 5.41) is 3.21. The molecule has 0 amide bonds. The molecular formula is C18H23FN2O2. The van der Waals surface area contributed by atoms with Gasteiger partial charge in [-0.1, -0.05) is 19.9 Å². The third-order valence-corrected chi connectivity index (χ3v) is 3.98. The van der Waals surface area contributed by atoms with Crippen LogP contribution in [0.4, 0.5) is 10.1 Å². The second-order valence-corrected chi connectivity index (χ2v) is 5.35. The molecule has 1 N–H and O–H groups in total. The highest BCUT2D eigenvalue weighted by molar-refractivity contribution is 5.99. The molecule has 1 atom stereocenters. The van der Waals surface area contributed by atoms with Crippen molar-refractivity contribution < 1.29 is 13.6 Å². The van der Waals surface area contributed by atoms with E-state index in [9.17, 15) is 9.18 Å². The summed E-state index contributed by atoms with van der Waals surface area (Å²) < 4.78 is 19.4. The molecule has 0 radical (unpaired) electrons. The van der Waals surface area contributed by atoms with Crippen LogP contribution in [0.3, 0.4) is 0 Å². The van der Waals surface area contributed by atoms with Gasteiger partial charge in [-0.25, -0.2) is 4.39 Å². The Kier molecular flexibility index (Phi) is 5.93. The van der Waals surface area contributed by atoms with Crippen molar-refractivity contribution in [3.63, 3.8) is 0 Å². The molecule has 1 unspecified atom stereocenters. The average Bonchev–Trinajstić information content (AvgIpc) is 3.05. The highest BCUT2D eigenvalue weighted by atomic mass is 19.1. The average molecular weight is 318 g/mol. The summed E-state index contributed by atoms with van der Waals surface area (Å²) in [6.07, 6.45) is 1.65. The van der Waals surface area contributed by atoms with Gasteiger partial charge >= 0.3 is 0 Å². The van der Waals surface area contributed by atoms with E-state index in [1.54, 1.807) is 18.4 Å². The molecule has 1 heterocycles. The molecule has 4 nitrogen and oxygen atoms in total. The van der Waals surface area contributed by atoms with E-state index in [4.69, 9.17) is 4.42 Å². The van der Waals surface area contributed by atoms with Gasteiger partial charge in [0.1, 0.15) is 11.6 Å². The number of carbonyl (C=O) groups excluding carboxylic acids is 1. The SMILES string of the molecule is CCN(CC)C(CNc1cccc(F)c1C(C)=O)c1ccco1. The lowest BCUT2D eigenvalue weighted by molar-refractivity contribution is 0.101. The fourth-order valence-electron chi connectivity index (χ4n) is 2.79. The second-order valence-electron chi connectivity index (χ2n) is 5.35. The van der Waals surface area contributed by atoms with Gasteiger partial charge < -0.3 is 9.73 Å². The zero-order valence-electron chi connectivity index (χ0n) is 13.8.